The Kier molecular flexibility index (Phi) is 7.36. The molecule has 27 heavy (non-hydrogen) atoms. The van der Waals surface area contributed by atoms with Gasteiger partial charge in [-0.15, -0.1) is 11.6 Å². The van der Waals surface area contributed by atoms with E-state index in [4.69, 9.17) is 21.4 Å². The van der Waals surface area contributed by atoms with Crippen LogP contribution in [-0.4, -0.2) is 47.1 Å². The second-order valence-corrected chi connectivity index (χ2v) is 8.02. The Morgan fingerprint density at radius 2 is 1.81 bits per heavy atom. The van der Waals surface area contributed by atoms with Crippen LogP contribution in [0.2, 0.25) is 0 Å². The van der Waals surface area contributed by atoms with E-state index in [0.29, 0.717) is 6.54 Å². The maximum Gasteiger partial charge on any atom is 0.404 e. The fourth-order valence-corrected chi connectivity index (χ4v) is 3.56. The molecule has 2 rings (SSSR count). The third-order valence-electron chi connectivity index (χ3n) is 5.15. The van der Waals surface area contributed by atoms with Gasteiger partial charge in [0.15, 0.2) is 0 Å². The Morgan fingerprint density at radius 1 is 1.22 bits per heavy atom. The number of nitrogens with zero attached hydrogens (tertiary/aromatic N) is 1. The second kappa shape index (κ2) is 9.31. The summed E-state index contributed by atoms with van der Waals surface area (Å²) in [6.07, 6.45) is 2.00. The summed E-state index contributed by atoms with van der Waals surface area (Å²) in [4.78, 5) is 26.0. The Labute approximate surface area is 165 Å². The molecule has 0 saturated heterocycles. The minimum absolute atomic E-state index is 0.0305. The minimum atomic E-state index is -0.993. The highest BCUT2D eigenvalue weighted by Gasteiger charge is 2.36. The summed E-state index contributed by atoms with van der Waals surface area (Å²) >= 11 is 6.05. The van der Waals surface area contributed by atoms with Crippen molar-refractivity contribution in [3.8, 4) is 5.75 Å². The van der Waals surface area contributed by atoms with Crippen LogP contribution in [0.15, 0.2) is 24.3 Å². The second-order valence-electron chi connectivity index (χ2n) is 7.75. The molecule has 1 aliphatic rings. The number of rotatable bonds is 7. The number of carbonyl (C=O) groups is 2. The van der Waals surface area contributed by atoms with Crippen LogP contribution in [0.3, 0.4) is 0 Å². The molecule has 0 spiro atoms. The van der Waals surface area contributed by atoms with E-state index in [1.807, 2.05) is 43.0 Å². The molecular weight excluding hydrogens is 368 g/mol. The first-order valence-electron chi connectivity index (χ1n) is 9.26. The summed E-state index contributed by atoms with van der Waals surface area (Å²) in [6.45, 7) is 4.23. The van der Waals surface area contributed by atoms with Crippen molar-refractivity contribution in [3.05, 3.63) is 29.8 Å². The van der Waals surface area contributed by atoms with Crippen LogP contribution < -0.4 is 10.1 Å². The van der Waals surface area contributed by atoms with E-state index in [-0.39, 0.29) is 23.9 Å². The third kappa shape index (κ3) is 5.76. The molecule has 6 nitrogen and oxygen atoms in total. The maximum absolute atomic E-state index is 13.2. The number of carbonyl (C=O) groups excluding carboxylic acids is 1. The van der Waals surface area contributed by atoms with Crippen LogP contribution in [0.5, 0.6) is 5.75 Å². The van der Waals surface area contributed by atoms with Gasteiger partial charge in [-0.25, -0.2) is 4.79 Å². The Hall–Kier alpha value is -1.95. The first-order valence-corrected chi connectivity index (χ1v) is 9.79. The number of amides is 2. The average Bonchev–Trinajstić information content (AvgIpc) is 2.66. The van der Waals surface area contributed by atoms with Crippen LogP contribution >= 0.6 is 11.6 Å². The van der Waals surface area contributed by atoms with Crippen molar-refractivity contribution in [1.29, 1.82) is 0 Å². The molecule has 1 aromatic rings. The summed E-state index contributed by atoms with van der Waals surface area (Å²) in [5.74, 6) is 1.06. The predicted octanol–water partition coefficient (Wildman–Crippen LogP) is 3.87. The highest BCUT2D eigenvalue weighted by atomic mass is 35.5. The molecule has 0 bridgehead atoms. The fourth-order valence-electron chi connectivity index (χ4n) is 3.45. The van der Waals surface area contributed by atoms with Crippen molar-refractivity contribution in [2.45, 2.75) is 58.2 Å². The summed E-state index contributed by atoms with van der Waals surface area (Å²) in [7, 11) is 1.62. The van der Waals surface area contributed by atoms with Crippen molar-refractivity contribution in [2.75, 3.05) is 13.0 Å². The molecule has 150 valence electrons. The van der Waals surface area contributed by atoms with Crippen molar-refractivity contribution in [3.63, 3.8) is 0 Å². The van der Waals surface area contributed by atoms with Crippen molar-refractivity contribution in [2.24, 2.45) is 5.41 Å². The molecule has 0 aromatic heterocycles. The highest BCUT2D eigenvalue weighted by molar-refractivity contribution is 6.19. The molecule has 1 fully saturated rings. The van der Waals surface area contributed by atoms with Crippen LogP contribution in [-0.2, 0) is 11.3 Å². The number of hydrogen-bond acceptors (Lipinski definition) is 3. The monoisotopic (exact) mass is 396 g/mol. The summed E-state index contributed by atoms with van der Waals surface area (Å²) in [5.41, 5.74) is 0.379. The van der Waals surface area contributed by atoms with Gasteiger partial charge in [0.2, 0.25) is 5.91 Å². The minimum Gasteiger partial charge on any atom is -0.497 e. The van der Waals surface area contributed by atoms with E-state index in [2.05, 4.69) is 5.32 Å². The maximum atomic E-state index is 13.2. The number of halogens is 1. The molecule has 7 heteroatoms. The summed E-state index contributed by atoms with van der Waals surface area (Å²) in [5, 5.41) is 11.5. The SMILES string of the molecule is COc1ccc(CN(C(=O)C(C)(C)CCl)[C@H]2CC[C@H](NC(=O)O)CC2)cc1. The highest BCUT2D eigenvalue weighted by Crippen LogP contribution is 2.30. The summed E-state index contributed by atoms with van der Waals surface area (Å²) in [6, 6.07) is 7.73. The lowest BCUT2D eigenvalue weighted by molar-refractivity contribution is -0.143. The van der Waals surface area contributed by atoms with Gasteiger partial charge >= 0.3 is 6.09 Å². The number of benzene rings is 1. The number of ether oxygens (including phenoxy) is 1. The van der Waals surface area contributed by atoms with Gasteiger partial charge < -0.3 is 20.1 Å². The number of nitrogens with one attached hydrogen (secondary N) is 1. The van der Waals surface area contributed by atoms with E-state index in [1.54, 1.807) is 7.11 Å². The van der Waals surface area contributed by atoms with Crippen LogP contribution in [0.25, 0.3) is 0 Å². The van der Waals surface area contributed by atoms with E-state index < -0.39 is 11.5 Å². The molecule has 0 atom stereocenters. The molecule has 1 aromatic carbocycles. The van der Waals surface area contributed by atoms with E-state index in [0.717, 1.165) is 37.0 Å². The van der Waals surface area contributed by atoms with Gasteiger partial charge in [-0.2, -0.15) is 0 Å². The number of carboxylic acid groups (broad SMARTS) is 1. The largest absolute Gasteiger partial charge is 0.497 e. The lowest BCUT2D eigenvalue weighted by Crippen LogP contribution is -2.50. The first-order chi connectivity index (χ1) is 12.8. The molecule has 0 aliphatic heterocycles. The molecule has 0 radical (unpaired) electrons. The topological polar surface area (TPSA) is 78.9 Å². The fraction of sp³-hybridized carbons (Fsp3) is 0.600. The zero-order valence-corrected chi connectivity index (χ0v) is 17.0. The first kappa shape index (κ1) is 21.4. The van der Waals surface area contributed by atoms with E-state index in [9.17, 15) is 9.59 Å². The third-order valence-corrected chi connectivity index (χ3v) is 5.82. The Morgan fingerprint density at radius 3 is 2.30 bits per heavy atom. The average molecular weight is 397 g/mol. The lowest BCUT2D eigenvalue weighted by Gasteiger charge is -2.40. The van der Waals surface area contributed by atoms with Gasteiger partial charge in [0.25, 0.3) is 0 Å². The van der Waals surface area contributed by atoms with Crippen molar-refractivity contribution < 1.29 is 19.4 Å². The number of methoxy groups -OCH3 is 1. The zero-order chi connectivity index (χ0) is 20.0. The smallest absolute Gasteiger partial charge is 0.404 e. The lowest BCUT2D eigenvalue weighted by atomic mass is 9.87. The normalized spacial score (nSPS) is 20.0. The number of alkyl halides is 1. The van der Waals surface area contributed by atoms with Crippen LogP contribution in [0.1, 0.15) is 45.1 Å². The molecule has 2 N–H and O–H groups in total. The molecular formula is C20H29ClN2O4. The van der Waals surface area contributed by atoms with E-state index in [1.165, 1.54) is 0 Å². The van der Waals surface area contributed by atoms with Crippen LogP contribution in [0.4, 0.5) is 4.79 Å². The summed E-state index contributed by atoms with van der Waals surface area (Å²) < 4.78 is 5.20. The predicted molar refractivity (Wildman–Crippen MR) is 105 cm³/mol. The molecule has 2 amide bonds. The quantitative estimate of drug-likeness (QED) is 0.686. The van der Waals surface area contributed by atoms with E-state index >= 15 is 0 Å². The standard InChI is InChI=1S/C20H29ClN2O4/c1-20(2,13-21)18(24)23(12-14-4-10-17(27-3)11-5-14)16-8-6-15(7-9-16)22-19(25)26/h4-5,10-11,15-16,22H,6-9,12-13H2,1-3H3,(H,25,26)/t15-,16-. The Bertz CT molecular complexity index is 640. The zero-order valence-electron chi connectivity index (χ0n) is 16.2. The van der Waals surface area contributed by atoms with Gasteiger partial charge in [0.05, 0.1) is 12.5 Å². The molecule has 0 unspecified atom stereocenters. The van der Waals surface area contributed by atoms with Gasteiger partial charge in [-0.3, -0.25) is 4.79 Å². The molecule has 1 saturated carbocycles. The van der Waals surface area contributed by atoms with Crippen LogP contribution in [0, 0.1) is 5.41 Å². The molecule has 1 aliphatic carbocycles. The Balaban J connectivity index is 2.14. The van der Waals surface area contributed by atoms with Crippen molar-refractivity contribution in [1.82, 2.24) is 10.2 Å². The molecule has 0 heterocycles. The van der Waals surface area contributed by atoms with Gasteiger partial charge in [0.1, 0.15) is 5.75 Å². The van der Waals surface area contributed by atoms with Crippen molar-refractivity contribution >= 4 is 23.6 Å². The number of hydrogen-bond donors (Lipinski definition) is 2. The van der Waals surface area contributed by atoms with Gasteiger partial charge in [-0.05, 0) is 57.2 Å². The van der Waals surface area contributed by atoms with Gasteiger partial charge in [0, 0.05) is 24.5 Å². The van der Waals surface area contributed by atoms with Gasteiger partial charge in [-0.1, -0.05) is 12.1 Å².